The van der Waals surface area contributed by atoms with Crippen LogP contribution in [0.5, 0.6) is 0 Å². The Morgan fingerprint density at radius 2 is 1.74 bits per heavy atom. The number of aromatic carboxylic acids is 1. The molecule has 1 heterocycles. The van der Waals surface area contributed by atoms with Crippen LogP contribution in [0.2, 0.25) is 0 Å². The van der Waals surface area contributed by atoms with E-state index in [1.54, 1.807) is 30.9 Å². The molecule has 0 saturated heterocycles. The van der Waals surface area contributed by atoms with E-state index in [0.717, 1.165) is 6.42 Å². The lowest BCUT2D eigenvalue weighted by atomic mass is 9.96. The fraction of sp³-hybridized carbons (Fsp3) is 0.333. The molecule has 1 aromatic rings. The average molecular weight is 259 g/mol. The smallest absolute Gasteiger partial charge is 0.336 e. The number of nitrogens with zero attached hydrogens (tertiary/aromatic N) is 1. The van der Waals surface area contributed by atoms with Gasteiger partial charge in [-0.05, 0) is 31.4 Å². The molecule has 0 fully saturated rings. The van der Waals surface area contributed by atoms with E-state index in [1.807, 2.05) is 12.2 Å². The molecule has 0 aliphatic carbocycles. The summed E-state index contributed by atoms with van der Waals surface area (Å²) in [6, 6.07) is 3.54. The summed E-state index contributed by atoms with van der Waals surface area (Å²) in [5.41, 5.74) is 1.78. The summed E-state index contributed by atoms with van der Waals surface area (Å²) < 4.78 is 0. The summed E-state index contributed by atoms with van der Waals surface area (Å²) in [5, 5.41) is 9.33. The van der Waals surface area contributed by atoms with Gasteiger partial charge >= 0.3 is 5.97 Å². The van der Waals surface area contributed by atoms with E-state index in [2.05, 4.69) is 0 Å². The summed E-state index contributed by atoms with van der Waals surface area (Å²) in [4.78, 5) is 25.6. The van der Waals surface area contributed by atoms with E-state index in [0.29, 0.717) is 29.8 Å². The van der Waals surface area contributed by atoms with Gasteiger partial charge < -0.3 is 10.0 Å². The first-order valence-electron chi connectivity index (χ1n) is 6.30. The number of carbonyl (C=O) groups is 2. The lowest BCUT2D eigenvalue weighted by molar-refractivity contribution is 0.0676. The maximum absolute atomic E-state index is 12.5. The van der Waals surface area contributed by atoms with Crippen molar-refractivity contribution in [1.29, 1.82) is 0 Å². The van der Waals surface area contributed by atoms with Gasteiger partial charge in [0.2, 0.25) is 0 Å². The number of amides is 1. The number of benzene rings is 1. The van der Waals surface area contributed by atoms with Gasteiger partial charge in [0.05, 0.1) is 11.1 Å². The molecular formula is C15H17NO3. The van der Waals surface area contributed by atoms with Crippen LogP contribution in [0.25, 0.3) is 0 Å². The van der Waals surface area contributed by atoms with E-state index < -0.39 is 5.97 Å². The number of carbonyl (C=O) groups excluding carboxylic acids is 1. The van der Waals surface area contributed by atoms with Crippen molar-refractivity contribution in [3.63, 3.8) is 0 Å². The number of hydrogen-bond acceptors (Lipinski definition) is 2. The second kappa shape index (κ2) is 5.26. The van der Waals surface area contributed by atoms with Crippen molar-refractivity contribution in [3.8, 4) is 0 Å². The lowest BCUT2D eigenvalue weighted by Gasteiger charge is -2.25. The molecule has 4 heteroatoms. The van der Waals surface area contributed by atoms with Gasteiger partial charge in [0, 0.05) is 13.1 Å². The summed E-state index contributed by atoms with van der Waals surface area (Å²) in [5.74, 6) is -1.24. The Morgan fingerprint density at radius 3 is 2.26 bits per heavy atom. The number of rotatable bonds is 2. The van der Waals surface area contributed by atoms with Gasteiger partial charge in [-0.1, -0.05) is 24.3 Å². The molecule has 0 radical (unpaired) electrons. The van der Waals surface area contributed by atoms with Crippen molar-refractivity contribution in [1.82, 2.24) is 4.90 Å². The molecule has 0 atom stereocenters. The highest BCUT2D eigenvalue weighted by Crippen LogP contribution is 2.21. The third kappa shape index (κ3) is 2.52. The molecule has 1 aromatic carbocycles. The minimum atomic E-state index is -1.04. The van der Waals surface area contributed by atoms with E-state index >= 15 is 0 Å². The first-order valence-corrected chi connectivity index (χ1v) is 6.30. The fourth-order valence-corrected chi connectivity index (χ4v) is 2.35. The Morgan fingerprint density at radius 1 is 1.11 bits per heavy atom. The molecule has 1 amide bonds. The normalized spacial score (nSPS) is 14.5. The molecule has 19 heavy (non-hydrogen) atoms. The maximum Gasteiger partial charge on any atom is 0.336 e. The fourth-order valence-electron chi connectivity index (χ4n) is 2.35. The highest BCUT2D eigenvalue weighted by atomic mass is 16.4. The lowest BCUT2D eigenvalue weighted by Crippen LogP contribution is -2.35. The van der Waals surface area contributed by atoms with E-state index in [9.17, 15) is 14.7 Å². The van der Waals surface area contributed by atoms with E-state index in [4.69, 9.17) is 0 Å². The maximum atomic E-state index is 12.5. The molecule has 0 spiro atoms. The Kier molecular flexibility index (Phi) is 3.69. The van der Waals surface area contributed by atoms with Crippen LogP contribution in [0.1, 0.15) is 38.3 Å². The molecule has 1 aliphatic heterocycles. The van der Waals surface area contributed by atoms with Gasteiger partial charge in [-0.15, -0.1) is 0 Å². The van der Waals surface area contributed by atoms with Crippen LogP contribution in [-0.2, 0) is 0 Å². The number of carboxylic acid groups (broad SMARTS) is 1. The molecule has 1 N–H and O–H groups in total. The van der Waals surface area contributed by atoms with Gasteiger partial charge in [-0.25, -0.2) is 4.79 Å². The first kappa shape index (κ1) is 13.3. The van der Waals surface area contributed by atoms with Gasteiger partial charge in [0.15, 0.2) is 0 Å². The van der Waals surface area contributed by atoms with Crippen LogP contribution in [0.3, 0.4) is 0 Å². The van der Waals surface area contributed by atoms with Gasteiger partial charge in [-0.2, -0.15) is 0 Å². The van der Waals surface area contributed by atoms with Gasteiger partial charge in [0.1, 0.15) is 0 Å². The quantitative estimate of drug-likeness (QED) is 0.830. The second-order valence-corrected chi connectivity index (χ2v) is 4.77. The number of aryl methyl sites for hydroxylation is 2. The molecule has 0 aromatic heterocycles. The van der Waals surface area contributed by atoms with Gasteiger partial charge in [0.25, 0.3) is 5.91 Å². The standard InChI is InChI=1S/C15H17NO3/c1-10-6-7-11(2)13(15(18)19)12(10)14(17)16-8-4-3-5-9-16/h3-4,6-7H,5,8-9H2,1-2H3,(H,18,19). The van der Waals surface area contributed by atoms with Crippen molar-refractivity contribution in [2.75, 3.05) is 13.1 Å². The Bertz CT molecular complexity index is 561. The van der Waals surface area contributed by atoms with Crippen LogP contribution in [0, 0.1) is 13.8 Å². The highest BCUT2D eigenvalue weighted by Gasteiger charge is 2.25. The predicted molar refractivity (Wildman–Crippen MR) is 72.5 cm³/mol. The van der Waals surface area contributed by atoms with Gasteiger partial charge in [-0.3, -0.25) is 4.79 Å². The zero-order chi connectivity index (χ0) is 14.0. The highest BCUT2D eigenvalue weighted by molar-refractivity contribution is 6.06. The summed E-state index contributed by atoms with van der Waals surface area (Å²) in [6.07, 6.45) is 4.79. The molecule has 4 nitrogen and oxygen atoms in total. The topological polar surface area (TPSA) is 57.6 Å². The molecule has 0 saturated carbocycles. The third-order valence-corrected chi connectivity index (χ3v) is 3.40. The van der Waals surface area contributed by atoms with Crippen molar-refractivity contribution in [2.45, 2.75) is 20.3 Å². The summed E-state index contributed by atoms with van der Waals surface area (Å²) >= 11 is 0. The molecular weight excluding hydrogens is 242 g/mol. The molecule has 0 bridgehead atoms. The van der Waals surface area contributed by atoms with E-state index in [-0.39, 0.29) is 11.5 Å². The van der Waals surface area contributed by atoms with Crippen molar-refractivity contribution in [3.05, 3.63) is 46.5 Å². The predicted octanol–water partition coefficient (Wildman–Crippen LogP) is 2.40. The SMILES string of the molecule is Cc1ccc(C)c(C(=O)N2CC=CCC2)c1C(=O)O. The minimum Gasteiger partial charge on any atom is -0.478 e. The van der Waals surface area contributed by atoms with Crippen molar-refractivity contribution >= 4 is 11.9 Å². The largest absolute Gasteiger partial charge is 0.478 e. The summed E-state index contributed by atoms with van der Waals surface area (Å²) in [6.45, 7) is 4.68. The Balaban J connectivity index is 2.48. The van der Waals surface area contributed by atoms with Crippen LogP contribution >= 0.6 is 0 Å². The van der Waals surface area contributed by atoms with E-state index in [1.165, 1.54) is 0 Å². The molecule has 0 unspecified atom stereocenters. The molecule has 2 rings (SSSR count). The summed E-state index contributed by atoms with van der Waals surface area (Å²) in [7, 11) is 0. The Labute approximate surface area is 112 Å². The van der Waals surface area contributed by atoms with Crippen molar-refractivity contribution in [2.24, 2.45) is 0 Å². The van der Waals surface area contributed by atoms with Crippen LogP contribution in [0.15, 0.2) is 24.3 Å². The van der Waals surface area contributed by atoms with Crippen molar-refractivity contribution < 1.29 is 14.7 Å². The van der Waals surface area contributed by atoms with Crippen LogP contribution in [-0.4, -0.2) is 35.0 Å². The second-order valence-electron chi connectivity index (χ2n) is 4.77. The Hall–Kier alpha value is -2.10. The third-order valence-electron chi connectivity index (χ3n) is 3.40. The molecule has 1 aliphatic rings. The zero-order valence-corrected chi connectivity index (χ0v) is 11.1. The first-order chi connectivity index (χ1) is 9.02. The number of hydrogen-bond donors (Lipinski definition) is 1. The molecule has 100 valence electrons. The average Bonchev–Trinajstić information content (AvgIpc) is 2.41. The van der Waals surface area contributed by atoms with Crippen LogP contribution in [0.4, 0.5) is 0 Å². The number of carboxylic acids is 1. The monoisotopic (exact) mass is 259 g/mol. The minimum absolute atomic E-state index is 0.125. The zero-order valence-electron chi connectivity index (χ0n) is 11.1. The van der Waals surface area contributed by atoms with Crippen LogP contribution < -0.4 is 0 Å².